The van der Waals surface area contributed by atoms with E-state index in [4.69, 9.17) is 4.74 Å². The van der Waals surface area contributed by atoms with Gasteiger partial charge in [0.15, 0.2) is 0 Å². The molecular weight excluding hydrogens is 278 g/mol. The van der Waals surface area contributed by atoms with Crippen LogP contribution in [0.1, 0.15) is 30.4 Å². The SMILES string of the molecule is CCOC[C@@H]1CCn2nccc2CN1Cc1cncc(C)n1. The maximum absolute atomic E-state index is 5.69. The fourth-order valence-corrected chi connectivity index (χ4v) is 2.91. The monoisotopic (exact) mass is 301 g/mol. The van der Waals surface area contributed by atoms with Gasteiger partial charge in [0.25, 0.3) is 0 Å². The molecule has 0 saturated heterocycles. The lowest BCUT2D eigenvalue weighted by atomic mass is 10.2. The number of aryl methyl sites for hydroxylation is 2. The van der Waals surface area contributed by atoms with Gasteiger partial charge in [0.1, 0.15) is 0 Å². The quantitative estimate of drug-likeness (QED) is 0.843. The molecule has 3 heterocycles. The minimum Gasteiger partial charge on any atom is -0.380 e. The number of rotatable bonds is 5. The standard InChI is InChI=1S/C16H23N5O/c1-3-22-12-16-5-7-21-15(4-6-18-21)11-20(16)10-14-9-17-8-13(2)19-14/h4,6,8-9,16H,3,5,7,10-12H2,1-2H3/t16-/m0/s1. The van der Waals surface area contributed by atoms with Gasteiger partial charge in [-0.2, -0.15) is 5.10 Å². The third-order valence-corrected chi connectivity index (χ3v) is 4.04. The van der Waals surface area contributed by atoms with Gasteiger partial charge in [0.05, 0.1) is 23.7 Å². The van der Waals surface area contributed by atoms with E-state index in [0.29, 0.717) is 6.04 Å². The van der Waals surface area contributed by atoms with Crippen molar-refractivity contribution < 1.29 is 4.74 Å². The Bertz CT molecular complexity index is 612. The first kappa shape index (κ1) is 15.1. The zero-order chi connectivity index (χ0) is 15.4. The van der Waals surface area contributed by atoms with Gasteiger partial charge in [-0.25, -0.2) is 0 Å². The summed E-state index contributed by atoms with van der Waals surface area (Å²) in [6.07, 6.45) is 6.56. The fraction of sp³-hybridized carbons (Fsp3) is 0.562. The fourth-order valence-electron chi connectivity index (χ4n) is 2.91. The second-order valence-corrected chi connectivity index (χ2v) is 5.70. The molecule has 1 aliphatic rings. The molecule has 1 atom stereocenters. The summed E-state index contributed by atoms with van der Waals surface area (Å²) in [6.45, 7) is 8.12. The molecule has 0 unspecified atom stereocenters. The van der Waals surface area contributed by atoms with Gasteiger partial charge in [0.2, 0.25) is 0 Å². The van der Waals surface area contributed by atoms with Gasteiger partial charge < -0.3 is 4.74 Å². The molecule has 0 bridgehead atoms. The molecule has 0 amide bonds. The molecule has 0 N–H and O–H groups in total. The second-order valence-electron chi connectivity index (χ2n) is 5.70. The Labute approximate surface area is 131 Å². The molecule has 3 rings (SSSR count). The molecule has 2 aromatic heterocycles. The first-order chi connectivity index (χ1) is 10.8. The summed E-state index contributed by atoms with van der Waals surface area (Å²) in [5, 5.41) is 4.41. The van der Waals surface area contributed by atoms with Gasteiger partial charge in [-0.05, 0) is 26.3 Å². The highest BCUT2D eigenvalue weighted by atomic mass is 16.5. The van der Waals surface area contributed by atoms with E-state index in [2.05, 4.69) is 30.7 Å². The predicted molar refractivity (Wildman–Crippen MR) is 83.1 cm³/mol. The van der Waals surface area contributed by atoms with Crippen LogP contribution in [0, 0.1) is 6.92 Å². The van der Waals surface area contributed by atoms with E-state index in [-0.39, 0.29) is 0 Å². The molecule has 118 valence electrons. The van der Waals surface area contributed by atoms with E-state index in [1.165, 1.54) is 5.69 Å². The van der Waals surface area contributed by atoms with E-state index >= 15 is 0 Å². The summed E-state index contributed by atoms with van der Waals surface area (Å²) in [4.78, 5) is 11.3. The number of hydrogen-bond acceptors (Lipinski definition) is 5. The van der Waals surface area contributed by atoms with E-state index in [0.717, 1.165) is 50.7 Å². The highest BCUT2D eigenvalue weighted by Crippen LogP contribution is 2.19. The lowest BCUT2D eigenvalue weighted by Gasteiger charge is -2.28. The van der Waals surface area contributed by atoms with Crippen LogP contribution in [0.25, 0.3) is 0 Å². The number of aromatic nitrogens is 4. The summed E-state index contributed by atoms with van der Waals surface area (Å²) in [5.74, 6) is 0. The van der Waals surface area contributed by atoms with E-state index in [1.54, 1.807) is 6.20 Å². The number of hydrogen-bond donors (Lipinski definition) is 0. The number of ether oxygens (including phenoxy) is 1. The van der Waals surface area contributed by atoms with Crippen LogP contribution < -0.4 is 0 Å². The van der Waals surface area contributed by atoms with E-state index < -0.39 is 0 Å². The largest absolute Gasteiger partial charge is 0.380 e. The summed E-state index contributed by atoms with van der Waals surface area (Å²) in [5.41, 5.74) is 3.22. The average molecular weight is 301 g/mol. The summed E-state index contributed by atoms with van der Waals surface area (Å²) in [7, 11) is 0. The highest BCUT2D eigenvalue weighted by Gasteiger charge is 2.24. The van der Waals surface area contributed by atoms with E-state index in [1.807, 2.05) is 26.2 Å². The van der Waals surface area contributed by atoms with Crippen molar-refractivity contribution in [1.82, 2.24) is 24.6 Å². The lowest BCUT2D eigenvalue weighted by molar-refractivity contribution is 0.0552. The van der Waals surface area contributed by atoms with Crippen molar-refractivity contribution in [2.24, 2.45) is 0 Å². The molecule has 0 radical (unpaired) electrons. The van der Waals surface area contributed by atoms with Crippen LogP contribution in [0.2, 0.25) is 0 Å². The Hall–Kier alpha value is -1.79. The van der Waals surface area contributed by atoms with Crippen LogP contribution in [0.3, 0.4) is 0 Å². The van der Waals surface area contributed by atoms with E-state index in [9.17, 15) is 0 Å². The smallest absolute Gasteiger partial charge is 0.0730 e. The molecule has 6 nitrogen and oxygen atoms in total. The van der Waals surface area contributed by atoms with Gasteiger partial charge in [-0.15, -0.1) is 0 Å². The molecule has 0 spiro atoms. The topological polar surface area (TPSA) is 56.1 Å². The Kier molecular flexibility index (Phi) is 4.80. The Morgan fingerprint density at radius 1 is 1.36 bits per heavy atom. The Balaban J connectivity index is 1.79. The molecule has 0 saturated carbocycles. The first-order valence-corrected chi connectivity index (χ1v) is 7.86. The van der Waals surface area contributed by atoms with Gasteiger partial charge in [0, 0.05) is 50.9 Å². The van der Waals surface area contributed by atoms with Crippen LogP contribution in [0.5, 0.6) is 0 Å². The van der Waals surface area contributed by atoms with Crippen LogP contribution in [-0.4, -0.2) is 43.9 Å². The molecule has 0 aromatic carbocycles. The molecular formula is C16H23N5O. The molecule has 0 fully saturated rings. The highest BCUT2D eigenvalue weighted by molar-refractivity contribution is 5.06. The van der Waals surface area contributed by atoms with Crippen molar-refractivity contribution in [2.45, 2.75) is 45.9 Å². The van der Waals surface area contributed by atoms with Gasteiger partial charge >= 0.3 is 0 Å². The minimum atomic E-state index is 0.379. The van der Waals surface area contributed by atoms with Crippen LogP contribution in [0.15, 0.2) is 24.7 Å². The summed E-state index contributed by atoms with van der Waals surface area (Å²) in [6, 6.07) is 2.47. The van der Waals surface area contributed by atoms with Crippen molar-refractivity contribution >= 4 is 0 Å². The van der Waals surface area contributed by atoms with Crippen molar-refractivity contribution in [2.75, 3.05) is 13.2 Å². The van der Waals surface area contributed by atoms with Crippen molar-refractivity contribution in [3.63, 3.8) is 0 Å². The molecule has 1 aliphatic heterocycles. The molecule has 2 aromatic rings. The second kappa shape index (κ2) is 6.98. The zero-order valence-electron chi connectivity index (χ0n) is 13.3. The normalized spacial score (nSPS) is 18.9. The van der Waals surface area contributed by atoms with Gasteiger partial charge in [-0.3, -0.25) is 19.5 Å². The molecule has 6 heteroatoms. The van der Waals surface area contributed by atoms with Crippen molar-refractivity contribution in [3.8, 4) is 0 Å². The number of nitrogens with zero attached hydrogens (tertiary/aromatic N) is 5. The third kappa shape index (κ3) is 3.51. The third-order valence-electron chi connectivity index (χ3n) is 4.04. The lowest BCUT2D eigenvalue weighted by Crippen LogP contribution is -2.37. The number of fused-ring (bicyclic) bond motifs is 1. The predicted octanol–water partition coefficient (Wildman–Crippen LogP) is 1.79. The van der Waals surface area contributed by atoms with Crippen LogP contribution in [-0.2, 0) is 24.4 Å². The van der Waals surface area contributed by atoms with Crippen molar-refractivity contribution in [3.05, 3.63) is 41.7 Å². The van der Waals surface area contributed by atoms with Crippen LogP contribution in [0.4, 0.5) is 0 Å². The Morgan fingerprint density at radius 3 is 3.09 bits per heavy atom. The zero-order valence-corrected chi connectivity index (χ0v) is 13.3. The maximum Gasteiger partial charge on any atom is 0.0730 e. The summed E-state index contributed by atoms with van der Waals surface area (Å²) >= 11 is 0. The van der Waals surface area contributed by atoms with Crippen molar-refractivity contribution in [1.29, 1.82) is 0 Å². The van der Waals surface area contributed by atoms with Crippen LogP contribution >= 0.6 is 0 Å². The average Bonchev–Trinajstić information content (AvgIpc) is 2.88. The maximum atomic E-state index is 5.69. The Morgan fingerprint density at radius 2 is 2.27 bits per heavy atom. The minimum absolute atomic E-state index is 0.379. The molecule has 0 aliphatic carbocycles. The molecule has 22 heavy (non-hydrogen) atoms. The summed E-state index contributed by atoms with van der Waals surface area (Å²) < 4.78 is 7.79. The van der Waals surface area contributed by atoms with Gasteiger partial charge in [-0.1, -0.05) is 0 Å². The first-order valence-electron chi connectivity index (χ1n) is 7.86.